The van der Waals surface area contributed by atoms with Crippen LogP contribution in [0.25, 0.3) is 5.69 Å². The maximum Gasteiger partial charge on any atom is 0.291 e. The van der Waals surface area contributed by atoms with E-state index in [1.54, 1.807) is 19.1 Å². The van der Waals surface area contributed by atoms with E-state index in [0.29, 0.717) is 24.5 Å². The lowest BCUT2D eigenvalue weighted by Gasteiger charge is -2.13. The summed E-state index contributed by atoms with van der Waals surface area (Å²) in [6, 6.07) is 5.16. The molecule has 3 rings (SSSR count). The molecule has 0 bridgehead atoms. The van der Waals surface area contributed by atoms with Crippen LogP contribution < -0.4 is 10.6 Å². The molecule has 0 saturated carbocycles. The number of benzene rings is 1. The molecule has 24 heavy (non-hydrogen) atoms. The highest BCUT2D eigenvalue weighted by molar-refractivity contribution is 5.94. The van der Waals surface area contributed by atoms with Crippen molar-refractivity contribution < 1.29 is 14.0 Å². The molecule has 2 amide bonds. The Morgan fingerprint density at radius 3 is 2.83 bits per heavy atom. The van der Waals surface area contributed by atoms with Crippen molar-refractivity contribution >= 4 is 11.8 Å². The van der Waals surface area contributed by atoms with Crippen molar-refractivity contribution in [3.8, 4) is 5.69 Å². The fraction of sp³-hybridized carbons (Fsp3) is 0.375. The van der Waals surface area contributed by atoms with E-state index >= 15 is 0 Å². The van der Waals surface area contributed by atoms with Gasteiger partial charge in [-0.05, 0) is 50.5 Å². The Balaban J connectivity index is 1.77. The minimum Gasteiger partial charge on any atom is -0.354 e. The number of hydrogen-bond acceptors (Lipinski definition) is 4. The first-order chi connectivity index (χ1) is 11.5. The Bertz CT molecular complexity index is 756. The third-order valence-electron chi connectivity index (χ3n) is 3.88. The van der Waals surface area contributed by atoms with Gasteiger partial charge >= 0.3 is 0 Å². The van der Waals surface area contributed by atoms with Crippen molar-refractivity contribution in [2.45, 2.75) is 32.2 Å². The van der Waals surface area contributed by atoms with E-state index in [9.17, 15) is 14.0 Å². The second kappa shape index (κ2) is 6.77. The van der Waals surface area contributed by atoms with Gasteiger partial charge in [-0.2, -0.15) is 0 Å². The Labute approximate surface area is 138 Å². The van der Waals surface area contributed by atoms with Gasteiger partial charge < -0.3 is 10.6 Å². The average molecular weight is 331 g/mol. The molecule has 2 N–H and O–H groups in total. The smallest absolute Gasteiger partial charge is 0.291 e. The highest BCUT2D eigenvalue weighted by atomic mass is 19.1. The zero-order chi connectivity index (χ0) is 17.1. The van der Waals surface area contributed by atoms with Gasteiger partial charge in [0.15, 0.2) is 0 Å². The minimum absolute atomic E-state index is 0.0196. The lowest BCUT2D eigenvalue weighted by Crippen LogP contribution is -2.45. The van der Waals surface area contributed by atoms with E-state index in [1.807, 2.05) is 0 Å². The Morgan fingerprint density at radius 1 is 1.33 bits per heavy atom. The quantitative estimate of drug-likeness (QED) is 0.882. The second-order valence-corrected chi connectivity index (χ2v) is 5.68. The third-order valence-corrected chi connectivity index (χ3v) is 3.88. The van der Waals surface area contributed by atoms with Crippen LogP contribution in [0.1, 0.15) is 35.7 Å². The Kier molecular flexibility index (Phi) is 4.54. The molecule has 1 aliphatic rings. The van der Waals surface area contributed by atoms with E-state index < -0.39 is 11.9 Å². The van der Waals surface area contributed by atoms with Gasteiger partial charge in [0, 0.05) is 6.54 Å². The van der Waals surface area contributed by atoms with Gasteiger partial charge in [0.25, 0.3) is 5.91 Å². The van der Waals surface area contributed by atoms with Gasteiger partial charge in [-0.25, -0.2) is 14.1 Å². The maximum absolute atomic E-state index is 13.0. The van der Waals surface area contributed by atoms with Crippen LogP contribution in [0.4, 0.5) is 4.39 Å². The molecule has 1 atom stereocenters. The zero-order valence-electron chi connectivity index (χ0n) is 13.3. The van der Waals surface area contributed by atoms with Gasteiger partial charge in [0.2, 0.25) is 11.7 Å². The molecule has 1 aliphatic heterocycles. The summed E-state index contributed by atoms with van der Waals surface area (Å²) in [6.07, 6.45) is 2.35. The highest BCUT2D eigenvalue weighted by Gasteiger charge is 2.25. The first-order valence-corrected chi connectivity index (χ1v) is 7.83. The normalized spacial score (nSPS) is 17.9. The second-order valence-electron chi connectivity index (χ2n) is 5.68. The van der Waals surface area contributed by atoms with Crippen molar-refractivity contribution in [3.63, 3.8) is 0 Å². The first kappa shape index (κ1) is 16.1. The highest BCUT2D eigenvalue weighted by Crippen LogP contribution is 2.11. The van der Waals surface area contributed by atoms with Crippen molar-refractivity contribution in [2.75, 3.05) is 6.54 Å². The summed E-state index contributed by atoms with van der Waals surface area (Å²) >= 11 is 0. The molecular formula is C16H18FN5O2. The topological polar surface area (TPSA) is 88.9 Å². The lowest BCUT2D eigenvalue weighted by molar-refractivity contribution is -0.122. The van der Waals surface area contributed by atoms with Gasteiger partial charge in [-0.1, -0.05) is 0 Å². The maximum atomic E-state index is 13.0. The molecule has 1 fully saturated rings. The lowest BCUT2D eigenvalue weighted by atomic mass is 10.1. The Hall–Kier alpha value is -2.77. The minimum atomic E-state index is -0.571. The molecule has 0 radical (unpaired) electrons. The summed E-state index contributed by atoms with van der Waals surface area (Å²) in [7, 11) is 0. The summed E-state index contributed by atoms with van der Waals surface area (Å²) < 4.78 is 14.5. The van der Waals surface area contributed by atoms with Crippen LogP contribution >= 0.6 is 0 Å². The van der Waals surface area contributed by atoms with Crippen molar-refractivity contribution in [1.29, 1.82) is 0 Å². The monoisotopic (exact) mass is 331 g/mol. The van der Waals surface area contributed by atoms with Gasteiger partial charge in [-0.15, -0.1) is 5.10 Å². The van der Waals surface area contributed by atoms with Crippen LogP contribution in [0.2, 0.25) is 0 Å². The predicted octanol–water partition coefficient (Wildman–Crippen LogP) is 1.11. The van der Waals surface area contributed by atoms with Crippen molar-refractivity contribution in [3.05, 3.63) is 41.7 Å². The number of hydrogen-bond donors (Lipinski definition) is 2. The molecule has 2 heterocycles. The largest absolute Gasteiger partial charge is 0.354 e. The number of amides is 2. The number of rotatable bonds is 3. The molecule has 7 nitrogen and oxygen atoms in total. The van der Waals surface area contributed by atoms with Gasteiger partial charge in [0.1, 0.15) is 17.7 Å². The number of nitrogens with one attached hydrogen (secondary N) is 2. The molecule has 1 aromatic carbocycles. The van der Waals surface area contributed by atoms with Crippen molar-refractivity contribution in [2.24, 2.45) is 0 Å². The molecule has 0 spiro atoms. The predicted molar refractivity (Wildman–Crippen MR) is 84.2 cm³/mol. The van der Waals surface area contributed by atoms with Gasteiger partial charge in [-0.3, -0.25) is 9.59 Å². The molecule has 0 aliphatic carbocycles. The number of aromatic nitrogens is 3. The molecule has 1 aromatic heterocycles. The number of carbonyl (C=O) groups is 2. The van der Waals surface area contributed by atoms with Crippen LogP contribution in [0.3, 0.4) is 0 Å². The molecule has 8 heteroatoms. The fourth-order valence-corrected chi connectivity index (χ4v) is 2.61. The number of halogens is 1. The number of carbonyl (C=O) groups excluding carboxylic acids is 2. The molecule has 126 valence electrons. The first-order valence-electron chi connectivity index (χ1n) is 7.83. The van der Waals surface area contributed by atoms with E-state index in [-0.39, 0.29) is 17.5 Å². The fourth-order valence-electron chi connectivity index (χ4n) is 2.61. The molecule has 1 saturated heterocycles. The third kappa shape index (κ3) is 3.42. The van der Waals surface area contributed by atoms with Crippen LogP contribution in [0.15, 0.2) is 24.3 Å². The standard InChI is InChI=1S/C16H18FN5O2/c1-10-19-14(21-22(10)12-7-5-11(17)6-8-12)16(24)20-13-4-2-3-9-18-15(13)23/h5-8,13H,2-4,9H2,1H3,(H,18,23)(H,20,24)/t13-/m1/s1. The zero-order valence-corrected chi connectivity index (χ0v) is 13.3. The number of aryl methyl sites for hydroxylation is 1. The van der Waals surface area contributed by atoms with Crippen LogP contribution in [-0.4, -0.2) is 39.2 Å². The van der Waals surface area contributed by atoms with Gasteiger partial charge in [0.05, 0.1) is 5.69 Å². The summed E-state index contributed by atoms with van der Waals surface area (Å²) in [5.74, 6) is -0.559. The molecule has 0 unspecified atom stereocenters. The Morgan fingerprint density at radius 2 is 2.08 bits per heavy atom. The summed E-state index contributed by atoms with van der Waals surface area (Å²) in [4.78, 5) is 28.4. The van der Waals surface area contributed by atoms with E-state index in [1.165, 1.54) is 16.8 Å². The van der Waals surface area contributed by atoms with Crippen molar-refractivity contribution in [1.82, 2.24) is 25.4 Å². The van der Waals surface area contributed by atoms with Crippen LogP contribution in [-0.2, 0) is 4.79 Å². The van der Waals surface area contributed by atoms with E-state index in [4.69, 9.17) is 0 Å². The summed E-state index contributed by atoms with van der Waals surface area (Å²) in [5, 5.41) is 9.60. The SMILES string of the molecule is Cc1nc(C(=O)N[C@@H]2CCCCNC2=O)nn1-c1ccc(F)cc1. The van der Waals surface area contributed by atoms with E-state index in [2.05, 4.69) is 20.7 Å². The molecular weight excluding hydrogens is 313 g/mol. The van der Waals surface area contributed by atoms with Crippen LogP contribution in [0.5, 0.6) is 0 Å². The van der Waals surface area contributed by atoms with E-state index in [0.717, 1.165) is 12.8 Å². The number of nitrogens with zero attached hydrogens (tertiary/aromatic N) is 3. The average Bonchev–Trinajstić information content (AvgIpc) is 2.84. The summed E-state index contributed by atoms with van der Waals surface area (Å²) in [6.45, 7) is 2.33. The summed E-state index contributed by atoms with van der Waals surface area (Å²) in [5.41, 5.74) is 0.604. The molecule has 2 aromatic rings. The van der Waals surface area contributed by atoms with Crippen LogP contribution in [0, 0.1) is 12.7 Å².